The zero-order valence-corrected chi connectivity index (χ0v) is 8.42. The van der Waals surface area contributed by atoms with Crippen molar-refractivity contribution in [2.75, 3.05) is 13.2 Å². The standard InChI is InChI=1S/C10H18N2O2/c13-10(12-8-3-4-8)11-6-5-9-2-1-7-14-9/h8-9H,1-7H2,(H2,11,12,13). The Morgan fingerprint density at radius 2 is 2.21 bits per heavy atom. The Balaban J connectivity index is 1.50. The van der Waals surface area contributed by atoms with Crippen LogP contribution in [0, 0.1) is 0 Å². The summed E-state index contributed by atoms with van der Waals surface area (Å²) in [5.41, 5.74) is 0. The van der Waals surface area contributed by atoms with Crippen molar-refractivity contribution in [2.24, 2.45) is 0 Å². The average Bonchev–Trinajstić information content (AvgIpc) is 2.82. The minimum absolute atomic E-state index is 0.0227. The Morgan fingerprint density at radius 1 is 1.36 bits per heavy atom. The maximum Gasteiger partial charge on any atom is 0.315 e. The first kappa shape index (κ1) is 9.77. The van der Waals surface area contributed by atoms with E-state index in [1.54, 1.807) is 0 Å². The van der Waals surface area contributed by atoms with Crippen molar-refractivity contribution in [2.45, 2.75) is 44.2 Å². The molecule has 0 aromatic heterocycles. The highest BCUT2D eigenvalue weighted by Gasteiger charge is 2.23. The summed E-state index contributed by atoms with van der Waals surface area (Å²) in [6.07, 6.45) is 5.90. The summed E-state index contributed by atoms with van der Waals surface area (Å²) in [6, 6.07) is 0.420. The van der Waals surface area contributed by atoms with Crippen LogP contribution in [-0.4, -0.2) is 31.3 Å². The number of nitrogens with one attached hydrogen (secondary N) is 2. The lowest BCUT2D eigenvalue weighted by atomic mass is 10.2. The van der Waals surface area contributed by atoms with Gasteiger partial charge < -0.3 is 15.4 Å². The third-order valence-corrected chi connectivity index (χ3v) is 2.69. The van der Waals surface area contributed by atoms with Crippen molar-refractivity contribution < 1.29 is 9.53 Å². The highest BCUT2D eigenvalue weighted by atomic mass is 16.5. The van der Waals surface area contributed by atoms with E-state index >= 15 is 0 Å². The van der Waals surface area contributed by atoms with Gasteiger partial charge in [0.1, 0.15) is 0 Å². The largest absolute Gasteiger partial charge is 0.378 e. The Hall–Kier alpha value is -0.770. The number of hydrogen-bond acceptors (Lipinski definition) is 2. The predicted octanol–water partition coefficient (Wildman–Crippen LogP) is 1.02. The summed E-state index contributed by atoms with van der Waals surface area (Å²) < 4.78 is 5.46. The van der Waals surface area contributed by atoms with Gasteiger partial charge in [-0.05, 0) is 32.1 Å². The number of rotatable bonds is 4. The predicted molar refractivity (Wildman–Crippen MR) is 53.1 cm³/mol. The average molecular weight is 198 g/mol. The Kier molecular flexibility index (Phi) is 3.24. The van der Waals surface area contributed by atoms with Crippen molar-refractivity contribution in [3.63, 3.8) is 0 Å². The fourth-order valence-corrected chi connectivity index (χ4v) is 1.68. The molecule has 14 heavy (non-hydrogen) atoms. The molecule has 0 aromatic rings. The molecule has 4 nitrogen and oxygen atoms in total. The quantitative estimate of drug-likeness (QED) is 0.708. The third-order valence-electron chi connectivity index (χ3n) is 2.69. The van der Waals surface area contributed by atoms with E-state index < -0.39 is 0 Å². The maximum absolute atomic E-state index is 11.2. The van der Waals surface area contributed by atoms with E-state index in [1.165, 1.54) is 6.42 Å². The number of carbonyl (C=O) groups excluding carboxylic acids is 1. The molecule has 1 aliphatic carbocycles. The molecule has 1 unspecified atom stereocenters. The topological polar surface area (TPSA) is 50.4 Å². The van der Waals surface area contributed by atoms with Crippen molar-refractivity contribution in [1.82, 2.24) is 10.6 Å². The molecule has 0 radical (unpaired) electrons. The van der Waals surface area contributed by atoms with Crippen LogP contribution in [0.5, 0.6) is 0 Å². The summed E-state index contributed by atoms with van der Waals surface area (Å²) in [5.74, 6) is 0. The molecule has 2 aliphatic rings. The molecule has 2 fully saturated rings. The Labute approximate surface area is 84.4 Å². The molecule has 2 rings (SSSR count). The van der Waals surface area contributed by atoms with Crippen molar-refractivity contribution >= 4 is 6.03 Å². The second-order valence-electron chi connectivity index (χ2n) is 4.10. The first-order valence-electron chi connectivity index (χ1n) is 5.50. The monoisotopic (exact) mass is 198 g/mol. The molecule has 1 atom stereocenters. The zero-order valence-electron chi connectivity index (χ0n) is 8.42. The van der Waals surface area contributed by atoms with Gasteiger partial charge in [-0.3, -0.25) is 0 Å². The SMILES string of the molecule is O=C(NCCC1CCCO1)NC1CC1. The second-order valence-corrected chi connectivity index (χ2v) is 4.10. The van der Waals surface area contributed by atoms with Gasteiger partial charge in [0.25, 0.3) is 0 Å². The molecular formula is C10H18N2O2. The van der Waals surface area contributed by atoms with Gasteiger partial charge in [-0.2, -0.15) is 0 Å². The van der Waals surface area contributed by atoms with E-state index in [9.17, 15) is 4.79 Å². The van der Waals surface area contributed by atoms with Crippen LogP contribution in [-0.2, 0) is 4.74 Å². The molecule has 0 aromatic carbocycles. The first-order valence-corrected chi connectivity index (χ1v) is 5.50. The van der Waals surface area contributed by atoms with E-state index in [4.69, 9.17) is 4.74 Å². The summed E-state index contributed by atoms with van der Waals surface area (Å²) in [4.78, 5) is 11.2. The number of carbonyl (C=O) groups is 1. The van der Waals surface area contributed by atoms with Crippen LogP contribution in [0.2, 0.25) is 0 Å². The highest BCUT2D eigenvalue weighted by Crippen LogP contribution is 2.18. The smallest absolute Gasteiger partial charge is 0.315 e. The van der Waals surface area contributed by atoms with Crippen LogP contribution in [0.25, 0.3) is 0 Å². The van der Waals surface area contributed by atoms with E-state index in [0.29, 0.717) is 12.1 Å². The highest BCUT2D eigenvalue weighted by molar-refractivity contribution is 5.74. The minimum Gasteiger partial charge on any atom is -0.378 e. The second kappa shape index (κ2) is 4.64. The van der Waals surface area contributed by atoms with Gasteiger partial charge in [0.15, 0.2) is 0 Å². The molecule has 2 N–H and O–H groups in total. The molecule has 1 saturated heterocycles. The lowest BCUT2D eigenvalue weighted by molar-refractivity contribution is 0.104. The van der Waals surface area contributed by atoms with E-state index in [1.807, 2.05) is 0 Å². The van der Waals surface area contributed by atoms with Crippen LogP contribution >= 0.6 is 0 Å². The van der Waals surface area contributed by atoms with Gasteiger partial charge in [0.2, 0.25) is 0 Å². The number of hydrogen-bond donors (Lipinski definition) is 2. The first-order chi connectivity index (χ1) is 6.84. The summed E-state index contributed by atoms with van der Waals surface area (Å²) in [6.45, 7) is 1.61. The van der Waals surface area contributed by atoms with Gasteiger partial charge in [-0.25, -0.2) is 4.79 Å². The third kappa shape index (κ3) is 3.18. The van der Waals surface area contributed by atoms with E-state index in [-0.39, 0.29) is 6.03 Å². The fraction of sp³-hybridized carbons (Fsp3) is 0.900. The van der Waals surface area contributed by atoms with Crippen LogP contribution in [0.1, 0.15) is 32.1 Å². The Morgan fingerprint density at radius 3 is 2.86 bits per heavy atom. The van der Waals surface area contributed by atoms with Gasteiger partial charge in [-0.15, -0.1) is 0 Å². The van der Waals surface area contributed by atoms with Gasteiger partial charge >= 0.3 is 6.03 Å². The molecule has 0 bridgehead atoms. The zero-order chi connectivity index (χ0) is 9.80. The minimum atomic E-state index is -0.0227. The molecule has 4 heteroatoms. The summed E-state index contributed by atoms with van der Waals surface area (Å²) >= 11 is 0. The van der Waals surface area contributed by atoms with Crippen LogP contribution in [0.3, 0.4) is 0 Å². The van der Waals surface area contributed by atoms with Crippen molar-refractivity contribution in [1.29, 1.82) is 0 Å². The van der Waals surface area contributed by atoms with Gasteiger partial charge in [-0.1, -0.05) is 0 Å². The lowest BCUT2D eigenvalue weighted by Crippen LogP contribution is -2.38. The number of urea groups is 1. The van der Waals surface area contributed by atoms with Gasteiger partial charge in [0.05, 0.1) is 6.10 Å². The molecule has 0 spiro atoms. The van der Waals surface area contributed by atoms with Crippen molar-refractivity contribution in [3.05, 3.63) is 0 Å². The van der Waals surface area contributed by atoms with Crippen molar-refractivity contribution in [3.8, 4) is 0 Å². The molecule has 1 aliphatic heterocycles. The van der Waals surface area contributed by atoms with Crippen LogP contribution < -0.4 is 10.6 Å². The number of ether oxygens (including phenoxy) is 1. The fourth-order valence-electron chi connectivity index (χ4n) is 1.68. The Bertz CT molecular complexity index is 198. The summed E-state index contributed by atoms with van der Waals surface area (Å²) in [7, 11) is 0. The molecule has 1 saturated carbocycles. The van der Waals surface area contributed by atoms with Crippen LogP contribution in [0.4, 0.5) is 4.79 Å². The summed E-state index contributed by atoms with van der Waals surface area (Å²) in [5, 5.41) is 5.74. The number of amides is 2. The molecule has 2 amide bonds. The van der Waals surface area contributed by atoms with E-state index in [0.717, 1.165) is 38.8 Å². The maximum atomic E-state index is 11.2. The van der Waals surface area contributed by atoms with Gasteiger partial charge in [0, 0.05) is 19.2 Å². The molecular weight excluding hydrogens is 180 g/mol. The van der Waals surface area contributed by atoms with Crippen LogP contribution in [0.15, 0.2) is 0 Å². The normalized spacial score (nSPS) is 26.1. The molecule has 80 valence electrons. The lowest BCUT2D eigenvalue weighted by Gasteiger charge is -2.10. The molecule has 1 heterocycles. The van der Waals surface area contributed by atoms with E-state index in [2.05, 4.69) is 10.6 Å².